The van der Waals surface area contributed by atoms with Crippen molar-refractivity contribution in [3.8, 4) is 0 Å². The van der Waals surface area contributed by atoms with Gasteiger partial charge in [0.15, 0.2) is 0 Å². The summed E-state index contributed by atoms with van der Waals surface area (Å²) in [6.07, 6.45) is 3.31. The molecule has 7 N–H and O–H groups in total. The van der Waals surface area contributed by atoms with Gasteiger partial charge < -0.3 is 22.3 Å². The molecule has 0 saturated carbocycles. The minimum atomic E-state index is -0.150. The van der Waals surface area contributed by atoms with Gasteiger partial charge in [-0.05, 0) is 24.3 Å². The Balaban J connectivity index is 2.44. The molecule has 2 aromatic heterocycles. The molecule has 0 aliphatic carbocycles. The zero-order valence-corrected chi connectivity index (χ0v) is 15.5. The highest BCUT2D eigenvalue weighted by Gasteiger charge is 2.08. The van der Waals surface area contributed by atoms with Gasteiger partial charge in [-0.1, -0.05) is 12.1 Å². The van der Waals surface area contributed by atoms with Crippen molar-refractivity contribution >= 4 is 23.3 Å². The largest absolute Gasteiger partial charge is 0.396 e. The van der Waals surface area contributed by atoms with Crippen LogP contribution in [-0.4, -0.2) is 51.6 Å². The Morgan fingerprint density at radius 2 is 1.31 bits per heavy atom. The first kappa shape index (κ1) is 21.4. The molecule has 0 aliphatic rings. The van der Waals surface area contributed by atoms with Crippen molar-refractivity contribution in [2.24, 2.45) is 47.8 Å². The molecule has 0 bridgehead atoms. The molecule has 150 valence electrons. The molecule has 0 unspecified atom stereocenters. The lowest BCUT2D eigenvalue weighted by Crippen LogP contribution is -2.22. The Labute approximate surface area is 166 Å². The summed E-state index contributed by atoms with van der Waals surface area (Å²) in [6, 6.07) is 10.4. The van der Waals surface area contributed by atoms with Crippen LogP contribution in [0.4, 0.5) is 0 Å². The Hall–Kier alpha value is -3.90. The number of hydrogen-bond acceptors (Lipinski definition) is 8. The van der Waals surface area contributed by atoms with Crippen molar-refractivity contribution in [2.75, 3.05) is 13.2 Å². The molecule has 0 saturated heterocycles. The summed E-state index contributed by atoms with van der Waals surface area (Å²) in [7, 11) is 0. The first-order valence-electron chi connectivity index (χ1n) is 8.49. The number of nitrogens with two attached hydrogens (primary N) is 3. The van der Waals surface area contributed by atoms with Gasteiger partial charge in [0.1, 0.15) is 23.1 Å². The predicted molar refractivity (Wildman–Crippen MR) is 110 cm³/mol. The van der Waals surface area contributed by atoms with Gasteiger partial charge in [-0.3, -0.25) is 9.97 Å². The van der Waals surface area contributed by atoms with E-state index in [0.717, 1.165) is 0 Å². The monoisotopic (exact) mass is 395 g/mol. The van der Waals surface area contributed by atoms with Crippen LogP contribution in [0, 0.1) is 0 Å². The fourth-order valence-corrected chi connectivity index (χ4v) is 1.76. The van der Waals surface area contributed by atoms with E-state index in [4.69, 9.17) is 22.3 Å². The highest BCUT2D eigenvalue weighted by Crippen LogP contribution is 2.04. The Morgan fingerprint density at radius 1 is 0.793 bits per heavy atom. The zero-order chi connectivity index (χ0) is 20.9. The van der Waals surface area contributed by atoms with Crippen LogP contribution in [0.25, 0.3) is 0 Å². The number of azo groups is 1. The quantitative estimate of drug-likeness (QED) is 0.220. The normalized spacial score (nSPS) is 13.9. The number of pyridine rings is 2. The second kappa shape index (κ2) is 11.7. The maximum absolute atomic E-state index is 8.93. The number of amidine groups is 4. The number of aliphatic hydroxyl groups excluding tert-OH is 1. The van der Waals surface area contributed by atoms with Crippen molar-refractivity contribution in [1.29, 1.82) is 0 Å². The summed E-state index contributed by atoms with van der Waals surface area (Å²) < 4.78 is 0. The second-order valence-corrected chi connectivity index (χ2v) is 5.34. The first-order valence-corrected chi connectivity index (χ1v) is 8.49. The third-order valence-corrected chi connectivity index (χ3v) is 3.15. The van der Waals surface area contributed by atoms with Crippen LogP contribution in [0.15, 0.2) is 79.4 Å². The SMILES string of the molecule is NCC(N)=NN=C(N=N/C(=N\N=C(/N)CCO)c1ccccn1)c1ccccn1. The standard InChI is InChI=1S/C17H21N11O/c18-11-15(20)24-26-17(13-6-2-4-9-22-13)28-27-16(12-5-1-3-8-21-12)25-23-14(19)7-10-29/h1-6,8-9,29H,7,10-11,18H2,(H2,19,23)(H2,20,24)/b25-16-,26-17?,28-27?. The summed E-state index contributed by atoms with van der Waals surface area (Å²) in [5, 5.41) is 32.7. The molecule has 0 spiro atoms. The van der Waals surface area contributed by atoms with E-state index in [2.05, 4.69) is 40.6 Å². The maximum Gasteiger partial charge on any atom is 0.221 e. The Kier molecular flexibility index (Phi) is 8.66. The van der Waals surface area contributed by atoms with Gasteiger partial charge in [0.2, 0.25) is 11.7 Å². The van der Waals surface area contributed by atoms with Crippen LogP contribution >= 0.6 is 0 Å². The van der Waals surface area contributed by atoms with Gasteiger partial charge in [-0.15, -0.1) is 30.6 Å². The average Bonchev–Trinajstić information content (AvgIpc) is 2.76. The summed E-state index contributed by atoms with van der Waals surface area (Å²) in [6.45, 7) is -0.113. The van der Waals surface area contributed by atoms with Crippen molar-refractivity contribution in [2.45, 2.75) is 6.42 Å². The van der Waals surface area contributed by atoms with Crippen LogP contribution in [0.5, 0.6) is 0 Å². The first-order chi connectivity index (χ1) is 14.1. The van der Waals surface area contributed by atoms with E-state index in [1.54, 1.807) is 48.8 Å². The van der Waals surface area contributed by atoms with Crippen LogP contribution in [0.3, 0.4) is 0 Å². The molecular formula is C17H21N11O. The third kappa shape index (κ3) is 7.32. The van der Waals surface area contributed by atoms with Crippen molar-refractivity contribution < 1.29 is 5.11 Å². The number of rotatable bonds is 7. The van der Waals surface area contributed by atoms with Gasteiger partial charge in [-0.2, -0.15) is 0 Å². The molecule has 0 aliphatic heterocycles. The minimum absolute atomic E-state index is 0.0373. The fraction of sp³-hybridized carbons (Fsp3) is 0.176. The predicted octanol–water partition coefficient (Wildman–Crippen LogP) is 0.00770. The molecule has 2 heterocycles. The molecule has 0 atom stereocenters. The van der Waals surface area contributed by atoms with E-state index in [1.165, 1.54) is 0 Å². The van der Waals surface area contributed by atoms with E-state index in [9.17, 15) is 0 Å². The summed E-state index contributed by atoms with van der Waals surface area (Å²) >= 11 is 0. The average molecular weight is 395 g/mol. The Bertz CT molecular complexity index is 921. The van der Waals surface area contributed by atoms with Crippen LogP contribution < -0.4 is 17.2 Å². The van der Waals surface area contributed by atoms with Crippen molar-refractivity contribution in [3.05, 3.63) is 60.2 Å². The molecule has 0 aromatic carbocycles. The van der Waals surface area contributed by atoms with E-state index in [1.807, 2.05) is 0 Å². The molecule has 29 heavy (non-hydrogen) atoms. The molecule has 12 heteroatoms. The van der Waals surface area contributed by atoms with Gasteiger partial charge in [0.25, 0.3) is 0 Å². The molecule has 2 rings (SSSR count). The minimum Gasteiger partial charge on any atom is -0.396 e. The zero-order valence-electron chi connectivity index (χ0n) is 15.5. The smallest absolute Gasteiger partial charge is 0.221 e. The molecule has 12 nitrogen and oxygen atoms in total. The summed E-state index contributed by atoms with van der Waals surface area (Å²) in [5.41, 5.74) is 17.5. The number of nitrogens with zero attached hydrogens (tertiary/aromatic N) is 8. The lowest BCUT2D eigenvalue weighted by Gasteiger charge is -2.00. The van der Waals surface area contributed by atoms with E-state index >= 15 is 0 Å². The van der Waals surface area contributed by atoms with Crippen molar-refractivity contribution in [1.82, 2.24) is 9.97 Å². The maximum atomic E-state index is 8.93. The lowest BCUT2D eigenvalue weighted by molar-refractivity contribution is 0.306. The fourth-order valence-electron chi connectivity index (χ4n) is 1.76. The topological polar surface area (TPSA) is 198 Å². The molecule has 0 amide bonds. The summed E-state index contributed by atoms with van der Waals surface area (Å²) in [4.78, 5) is 8.35. The van der Waals surface area contributed by atoms with E-state index in [0.29, 0.717) is 11.4 Å². The molecule has 0 radical (unpaired) electrons. The molecular weight excluding hydrogens is 374 g/mol. The van der Waals surface area contributed by atoms with E-state index in [-0.39, 0.29) is 42.9 Å². The molecule has 0 fully saturated rings. The van der Waals surface area contributed by atoms with Crippen LogP contribution in [0.2, 0.25) is 0 Å². The number of hydrogen-bond donors (Lipinski definition) is 4. The molecule has 2 aromatic rings. The highest BCUT2D eigenvalue weighted by atomic mass is 16.3. The number of aliphatic hydroxyl groups is 1. The summed E-state index contributed by atoms with van der Waals surface area (Å²) in [5.74, 6) is 0.410. The van der Waals surface area contributed by atoms with Gasteiger partial charge in [0, 0.05) is 18.8 Å². The van der Waals surface area contributed by atoms with Gasteiger partial charge in [-0.25, -0.2) is 0 Å². The van der Waals surface area contributed by atoms with Crippen LogP contribution in [0.1, 0.15) is 17.8 Å². The number of aromatic nitrogens is 2. The highest BCUT2D eigenvalue weighted by molar-refractivity contribution is 6.02. The lowest BCUT2D eigenvalue weighted by atomic mass is 10.3. The van der Waals surface area contributed by atoms with Crippen molar-refractivity contribution in [3.63, 3.8) is 0 Å². The third-order valence-electron chi connectivity index (χ3n) is 3.15. The Morgan fingerprint density at radius 3 is 1.72 bits per heavy atom. The van der Waals surface area contributed by atoms with Gasteiger partial charge >= 0.3 is 0 Å². The van der Waals surface area contributed by atoms with E-state index < -0.39 is 0 Å². The van der Waals surface area contributed by atoms with Gasteiger partial charge in [0.05, 0.1) is 13.2 Å². The van der Waals surface area contributed by atoms with Crippen LogP contribution in [-0.2, 0) is 0 Å². The second-order valence-electron chi connectivity index (χ2n) is 5.34.